The summed E-state index contributed by atoms with van der Waals surface area (Å²) >= 11 is 8.95. The molecule has 0 atom stereocenters. The average molecular weight is 363 g/mol. The largest absolute Gasteiger partial charge is 0.399 e. The molecular weight excluding hydrogens is 354 g/mol. The normalized spacial score (nSPS) is 11.3. The number of nitrogens with one attached hydrogen (secondary N) is 1. The number of hydrogen-bond donors (Lipinski definition) is 2. The quantitative estimate of drug-likeness (QED) is 0.822. The van der Waals surface area contributed by atoms with Gasteiger partial charge in [-0.1, -0.05) is 11.6 Å². The second-order valence-corrected chi connectivity index (χ2v) is 6.60. The smallest absolute Gasteiger partial charge is 0.264 e. The zero-order valence-corrected chi connectivity index (χ0v) is 12.6. The van der Waals surface area contributed by atoms with Crippen molar-refractivity contribution >= 4 is 49.1 Å². The molecule has 0 amide bonds. The SMILES string of the molecule is Nc1ccc(Br)c(S(=O)(=O)Nc2cc(Cl)ccn2)c1. The van der Waals surface area contributed by atoms with Gasteiger partial charge < -0.3 is 5.73 Å². The molecule has 0 aliphatic heterocycles. The molecule has 2 aromatic rings. The number of hydrogen-bond acceptors (Lipinski definition) is 4. The Morgan fingerprint density at radius 3 is 2.68 bits per heavy atom. The van der Waals surface area contributed by atoms with Crippen molar-refractivity contribution < 1.29 is 8.42 Å². The lowest BCUT2D eigenvalue weighted by Crippen LogP contribution is -2.14. The van der Waals surface area contributed by atoms with E-state index in [1.54, 1.807) is 18.2 Å². The number of anilines is 2. The van der Waals surface area contributed by atoms with Crippen LogP contribution in [0.1, 0.15) is 0 Å². The van der Waals surface area contributed by atoms with Crippen molar-refractivity contribution in [3.05, 3.63) is 46.0 Å². The van der Waals surface area contributed by atoms with Gasteiger partial charge in [0.25, 0.3) is 10.0 Å². The molecule has 1 aromatic carbocycles. The van der Waals surface area contributed by atoms with Crippen LogP contribution in [-0.4, -0.2) is 13.4 Å². The van der Waals surface area contributed by atoms with E-state index < -0.39 is 10.0 Å². The first kappa shape index (κ1) is 14.1. The van der Waals surface area contributed by atoms with Crippen LogP contribution in [0.4, 0.5) is 11.5 Å². The van der Waals surface area contributed by atoms with E-state index in [1.807, 2.05) is 0 Å². The first-order valence-corrected chi connectivity index (χ1v) is 7.73. The van der Waals surface area contributed by atoms with Gasteiger partial charge in [-0.05, 0) is 40.2 Å². The van der Waals surface area contributed by atoms with Gasteiger partial charge in [0, 0.05) is 27.4 Å². The van der Waals surface area contributed by atoms with Gasteiger partial charge in [0.1, 0.15) is 10.7 Å². The number of nitrogens with zero attached hydrogens (tertiary/aromatic N) is 1. The minimum absolute atomic E-state index is 0.0364. The molecule has 0 fully saturated rings. The lowest BCUT2D eigenvalue weighted by atomic mass is 10.3. The van der Waals surface area contributed by atoms with E-state index in [9.17, 15) is 8.42 Å². The molecule has 0 unspecified atom stereocenters. The van der Waals surface area contributed by atoms with Crippen LogP contribution in [0, 0.1) is 0 Å². The molecule has 0 saturated heterocycles. The predicted molar refractivity (Wildman–Crippen MR) is 78.6 cm³/mol. The average Bonchev–Trinajstić information content (AvgIpc) is 2.31. The third kappa shape index (κ3) is 3.37. The third-order valence-electron chi connectivity index (χ3n) is 2.21. The van der Waals surface area contributed by atoms with Crippen LogP contribution in [0.3, 0.4) is 0 Å². The van der Waals surface area contributed by atoms with Crippen molar-refractivity contribution in [3.8, 4) is 0 Å². The molecule has 19 heavy (non-hydrogen) atoms. The van der Waals surface area contributed by atoms with Crippen LogP contribution in [0.25, 0.3) is 0 Å². The summed E-state index contributed by atoms with van der Waals surface area (Å²) in [6.45, 7) is 0. The van der Waals surface area contributed by atoms with Gasteiger partial charge in [0.05, 0.1) is 0 Å². The number of benzene rings is 1. The summed E-state index contributed by atoms with van der Waals surface area (Å²) in [5, 5.41) is 0.388. The Morgan fingerprint density at radius 1 is 1.26 bits per heavy atom. The minimum Gasteiger partial charge on any atom is -0.399 e. The van der Waals surface area contributed by atoms with E-state index in [0.717, 1.165) is 0 Å². The lowest BCUT2D eigenvalue weighted by Gasteiger charge is -2.09. The third-order valence-corrected chi connectivity index (χ3v) is 4.79. The van der Waals surface area contributed by atoms with E-state index in [-0.39, 0.29) is 10.7 Å². The highest BCUT2D eigenvalue weighted by Crippen LogP contribution is 2.26. The van der Waals surface area contributed by atoms with Gasteiger partial charge in [0.2, 0.25) is 0 Å². The Labute approximate surface area is 124 Å². The maximum absolute atomic E-state index is 12.2. The van der Waals surface area contributed by atoms with Crippen LogP contribution < -0.4 is 10.5 Å². The topological polar surface area (TPSA) is 85.1 Å². The number of nitrogen functional groups attached to an aromatic ring is 1. The van der Waals surface area contributed by atoms with Crippen LogP contribution >= 0.6 is 27.5 Å². The Morgan fingerprint density at radius 2 is 2.00 bits per heavy atom. The summed E-state index contributed by atoms with van der Waals surface area (Å²) in [4.78, 5) is 3.92. The molecule has 0 saturated carbocycles. The molecule has 5 nitrogen and oxygen atoms in total. The van der Waals surface area contributed by atoms with Crippen molar-refractivity contribution in [2.24, 2.45) is 0 Å². The first-order chi connectivity index (χ1) is 8.88. The van der Waals surface area contributed by atoms with Crippen molar-refractivity contribution in [3.63, 3.8) is 0 Å². The molecule has 2 rings (SSSR count). The standard InChI is InChI=1S/C11H9BrClN3O2S/c12-9-2-1-8(14)6-10(9)19(17,18)16-11-5-7(13)3-4-15-11/h1-6H,14H2,(H,15,16). The molecule has 0 bridgehead atoms. The van der Waals surface area contributed by atoms with Crippen LogP contribution in [0.2, 0.25) is 5.02 Å². The van der Waals surface area contributed by atoms with Gasteiger partial charge in [-0.2, -0.15) is 0 Å². The lowest BCUT2D eigenvalue weighted by molar-refractivity contribution is 0.600. The van der Waals surface area contributed by atoms with Gasteiger partial charge in [-0.25, -0.2) is 13.4 Å². The molecule has 0 radical (unpaired) electrons. The minimum atomic E-state index is -3.78. The summed E-state index contributed by atoms with van der Waals surface area (Å²) < 4.78 is 27.2. The van der Waals surface area contributed by atoms with E-state index in [1.165, 1.54) is 18.3 Å². The number of sulfonamides is 1. The molecular formula is C11H9BrClN3O2S. The number of pyridine rings is 1. The Kier molecular flexibility index (Phi) is 3.98. The van der Waals surface area contributed by atoms with Gasteiger partial charge >= 0.3 is 0 Å². The zero-order valence-electron chi connectivity index (χ0n) is 9.47. The second-order valence-electron chi connectivity index (χ2n) is 3.65. The van der Waals surface area contributed by atoms with Gasteiger partial charge in [0.15, 0.2) is 0 Å². The molecule has 0 aliphatic carbocycles. The highest BCUT2D eigenvalue weighted by molar-refractivity contribution is 9.10. The summed E-state index contributed by atoms with van der Waals surface area (Å²) in [5.41, 5.74) is 5.94. The fourth-order valence-electron chi connectivity index (χ4n) is 1.38. The maximum atomic E-state index is 12.2. The van der Waals surface area contributed by atoms with E-state index in [0.29, 0.717) is 15.2 Å². The predicted octanol–water partition coefficient (Wildman–Crippen LogP) is 2.88. The molecule has 0 spiro atoms. The molecule has 1 aromatic heterocycles. The molecule has 8 heteroatoms. The maximum Gasteiger partial charge on any atom is 0.264 e. The Bertz CT molecular complexity index is 722. The number of rotatable bonds is 3. The second kappa shape index (κ2) is 5.36. The zero-order chi connectivity index (χ0) is 14.0. The van der Waals surface area contributed by atoms with E-state index >= 15 is 0 Å². The molecule has 1 heterocycles. The Hall–Kier alpha value is -1.31. The Balaban J connectivity index is 2.40. The molecule has 0 aliphatic rings. The van der Waals surface area contributed by atoms with Crippen molar-refractivity contribution in [2.75, 3.05) is 10.5 Å². The fourth-order valence-corrected chi connectivity index (χ4v) is 3.54. The number of aromatic nitrogens is 1. The molecule has 3 N–H and O–H groups in total. The van der Waals surface area contributed by atoms with E-state index in [2.05, 4.69) is 25.6 Å². The van der Waals surface area contributed by atoms with Gasteiger partial charge in [-0.3, -0.25) is 4.72 Å². The van der Waals surface area contributed by atoms with Crippen LogP contribution in [0.15, 0.2) is 45.9 Å². The summed E-state index contributed by atoms with van der Waals surface area (Å²) in [5.74, 6) is 0.141. The summed E-state index contributed by atoms with van der Waals surface area (Å²) in [6.07, 6.45) is 1.41. The molecule has 100 valence electrons. The van der Waals surface area contributed by atoms with Crippen molar-refractivity contribution in [2.45, 2.75) is 4.90 Å². The highest BCUT2D eigenvalue weighted by Gasteiger charge is 2.18. The van der Waals surface area contributed by atoms with Gasteiger partial charge in [-0.15, -0.1) is 0 Å². The first-order valence-electron chi connectivity index (χ1n) is 5.08. The van der Waals surface area contributed by atoms with Crippen LogP contribution in [0.5, 0.6) is 0 Å². The fraction of sp³-hybridized carbons (Fsp3) is 0. The van der Waals surface area contributed by atoms with Crippen molar-refractivity contribution in [1.29, 1.82) is 0 Å². The van der Waals surface area contributed by atoms with Crippen molar-refractivity contribution in [1.82, 2.24) is 4.98 Å². The number of nitrogens with two attached hydrogens (primary N) is 1. The van der Waals surface area contributed by atoms with Crippen LogP contribution in [-0.2, 0) is 10.0 Å². The summed E-state index contributed by atoms with van der Waals surface area (Å²) in [7, 11) is -3.78. The summed E-state index contributed by atoms with van der Waals surface area (Å²) in [6, 6.07) is 7.49. The van der Waals surface area contributed by atoms with E-state index in [4.69, 9.17) is 17.3 Å². The highest BCUT2D eigenvalue weighted by atomic mass is 79.9. The monoisotopic (exact) mass is 361 g/mol. The number of halogens is 2.